The van der Waals surface area contributed by atoms with E-state index in [0.29, 0.717) is 0 Å². The summed E-state index contributed by atoms with van der Waals surface area (Å²) in [6, 6.07) is 3.66. The van der Waals surface area contributed by atoms with Crippen molar-refractivity contribution >= 4 is 64.9 Å². The highest BCUT2D eigenvalue weighted by molar-refractivity contribution is 9.25. The van der Waals surface area contributed by atoms with Crippen molar-refractivity contribution in [3.63, 3.8) is 0 Å². The molecule has 0 saturated carbocycles. The van der Waals surface area contributed by atoms with Gasteiger partial charge in [0.1, 0.15) is 3.74 Å². The summed E-state index contributed by atoms with van der Waals surface area (Å²) >= 11 is 11.0. The molecule has 0 radical (unpaired) electrons. The molecule has 0 aliphatic rings. The van der Waals surface area contributed by atoms with Gasteiger partial charge in [0, 0.05) is 0 Å². The van der Waals surface area contributed by atoms with Gasteiger partial charge >= 0.3 is 0 Å². The molecule has 0 fully saturated rings. The molecule has 1 aromatic heterocycles. The van der Waals surface area contributed by atoms with Crippen LogP contribution >= 0.6 is 59.1 Å². The van der Waals surface area contributed by atoms with Crippen LogP contribution in [0, 0.1) is 0 Å². The molecule has 0 aliphatic carbocycles. The minimum atomic E-state index is -0.277. The van der Waals surface area contributed by atoms with Crippen LogP contribution in [0.15, 0.2) is 15.9 Å². The molecule has 0 aliphatic heterocycles. The molecule has 0 bridgehead atoms. The Morgan fingerprint density at radius 1 is 1.45 bits per heavy atom. The SMILES string of the molecule is O=C(c1ccc(Br)s1)C(Br)Br. The number of halogens is 3. The van der Waals surface area contributed by atoms with Gasteiger partial charge in [-0.1, -0.05) is 31.9 Å². The zero-order valence-corrected chi connectivity index (χ0v) is 10.8. The first-order chi connectivity index (χ1) is 5.11. The average molecular weight is 363 g/mol. The highest BCUT2D eigenvalue weighted by Gasteiger charge is 2.14. The Kier molecular flexibility index (Phi) is 3.74. The highest BCUT2D eigenvalue weighted by Crippen LogP contribution is 2.25. The van der Waals surface area contributed by atoms with Crippen LogP contribution in [0.25, 0.3) is 0 Å². The normalized spacial score (nSPS) is 10.5. The summed E-state index contributed by atoms with van der Waals surface area (Å²) in [7, 11) is 0. The van der Waals surface area contributed by atoms with Gasteiger partial charge in [0.15, 0.2) is 5.78 Å². The summed E-state index contributed by atoms with van der Waals surface area (Å²) in [4.78, 5) is 12.0. The molecule has 0 atom stereocenters. The number of Topliss-reactive ketones (excluding diaryl/α,β-unsaturated/α-hetero) is 1. The van der Waals surface area contributed by atoms with Crippen LogP contribution in [0.1, 0.15) is 9.67 Å². The molecule has 1 nitrogen and oxygen atoms in total. The van der Waals surface area contributed by atoms with Crippen LogP contribution in [0.5, 0.6) is 0 Å². The second-order valence-corrected chi connectivity index (χ2v) is 7.29. The Bertz CT molecular complexity index is 269. The summed E-state index contributed by atoms with van der Waals surface area (Å²) in [5.41, 5.74) is 0. The number of carbonyl (C=O) groups is 1. The van der Waals surface area contributed by atoms with Crippen molar-refractivity contribution in [3.8, 4) is 0 Å². The molecular weight excluding hydrogens is 360 g/mol. The summed E-state index contributed by atoms with van der Waals surface area (Å²) < 4.78 is 0.696. The van der Waals surface area contributed by atoms with Gasteiger partial charge in [0.25, 0.3) is 0 Å². The van der Waals surface area contributed by atoms with Crippen molar-refractivity contribution in [1.82, 2.24) is 0 Å². The molecule has 5 heteroatoms. The van der Waals surface area contributed by atoms with E-state index in [-0.39, 0.29) is 9.52 Å². The van der Waals surface area contributed by atoms with E-state index in [9.17, 15) is 4.79 Å². The highest BCUT2D eigenvalue weighted by atomic mass is 79.9. The zero-order valence-electron chi connectivity index (χ0n) is 5.18. The van der Waals surface area contributed by atoms with Crippen molar-refractivity contribution < 1.29 is 4.79 Å². The van der Waals surface area contributed by atoms with E-state index in [4.69, 9.17) is 0 Å². The van der Waals surface area contributed by atoms with Gasteiger partial charge in [0.2, 0.25) is 0 Å². The number of alkyl halides is 2. The quantitative estimate of drug-likeness (QED) is 0.577. The number of ketones is 1. The molecular formula is C6H3Br3OS. The number of hydrogen-bond acceptors (Lipinski definition) is 2. The lowest BCUT2D eigenvalue weighted by atomic mass is 10.4. The third kappa shape index (κ3) is 2.65. The third-order valence-corrected chi connectivity index (χ3v) is 3.48. The standard InChI is InChI=1S/C6H3Br3OS/c7-4-2-1-3(11-4)5(10)6(8)9/h1-2,6H. The lowest BCUT2D eigenvalue weighted by Crippen LogP contribution is -2.03. The number of carbonyl (C=O) groups excluding carboxylic acids is 1. The Balaban J connectivity index is 2.85. The van der Waals surface area contributed by atoms with E-state index in [2.05, 4.69) is 47.8 Å². The average Bonchev–Trinajstić information content (AvgIpc) is 2.34. The predicted octanol–water partition coefficient (Wildman–Crippen LogP) is 3.81. The molecule has 0 spiro atoms. The second kappa shape index (κ2) is 4.16. The molecule has 11 heavy (non-hydrogen) atoms. The molecule has 1 heterocycles. The van der Waals surface area contributed by atoms with E-state index in [1.54, 1.807) is 6.07 Å². The Morgan fingerprint density at radius 2 is 2.09 bits per heavy atom. The van der Waals surface area contributed by atoms with Crippen LogP contribution in [0.2, 0.25) is 0 Å². The molecule has 0 saturated heterocycles. The van der Waals surface area contributed by atoms with E-state index in [1.165, 1.54) is 11.3 Å². The van der Waals surface area contributed by atoms with Crippen LogP contribution in [-0.4, -0.2) is 9.52 Å². The van der Waals surface area contributed by atoms with Crippen molar-refractivity contribution in [2.24, 2.45) is 0 Å². The smallest absolute Gasteiger partial charge is 0.197 e. The fourth-order valence-electron chi connectivity index (χ4n) is 0.554. The van der Waals surface area contributed by atoms with Crippen molar-refractivity contribution in [2.45, 2.75) is 3.74 Å². The fourth-order valence-corrected chi connectivity index (χ4v) is 2.71. The minimum Gasteiger partial charge on any atom is -0.291 e. The van der Waals surface area contributed by atoms with Gasteiger partial charge in [-0.3, -0.25) is 4.79 Å². The van der Waals surface area contributed by atoms with E-state index >= 15 is 0 Å². The lowest BCUT2D eigenvalue weighted by molar-refractivity contribution is 0.102. The monoisotopic (exact) mass is 360 g/mol. The van der Waals surface area contributed by atoms with Gasteiger partial charge in [-0.15, -0.1) is 11.3 Å². The summed E-state index contributed by atoms with van der Waals surface area (Å²) in [5, 5.41) is 0. The van der Waals surface area contributed by atoms with Crippen molar-refractivity contribution in [1.29, 1.82) is 0 Å². The first-order valence-corrected chi connectivity index (χ1v) is 6.13. The molecule has 1 aromatic rings. The Hall–Kier alpha value is 0.810. The van der Waals surface area contributed by atoms with Gasteiger partial charge in [0.05, 0.1) is 8.66 Å². The van der Waals surface area contributed by atoms with Gasteiger partial charge in [-0.05, 0) is 28.1 Å². The second-order valence-electron chi connectivity index (χ2n) is 1.77. The van der Waals surface area contributed by atoms with Crippen LogP contribution in [-0.2, 0) is 0 Å². The molecule has 60 valence electrons. The van der Waals surface area contributed by atoms with E-state index in [0.717, 1.165) is 8.66 Å². The molecule has 0 aromatic carbocycles. The number of thiophene rings is 1. The number of rotatable bonds is 2. The van der Waals surface area contributed by atoms with Gasteiger partial charge in [-0.25, -0.2) is 0 Å². The van der Waals surface area contributed by atoms with Crippen LogP contribution in [0.4, 0.5) is 0 Å². The van der Waals surface area contributed by atoms with Crippen molar-refractivity contribution in [3.05, 3.63) is 20.8 Å². The van der Waals surface area contributed by atoms with Crippen LogP contribution < -0.4 is 0 Å². The third-order valence-electron chi connectivity index (χ3n) is 1.01. The number of hydrogen-bond donors (Lipinski definition) is 0. The first-order valence-electron chi connectivity index (χ1n) is 2.69. The Labute approximate surface area is 93.6 Å². The predicted molar refractivity (Wildman–Crippen MR) is 58.0 cm³/mol. The maximum atomic E-state index is 11.3. The first kappa shape index (κ1) is 9.89. The summed E-state index contributed by atoms with van der Waals surface area (Å²) in [6.07, 6.45) is 0. The zero-order chi connectivity index (χ0) is 8.43. The van der Waals surface area contributed by atoms with Crippen molar-refractivity contribution in [2.75, 3.05) is 0 Å². The molecule has 0 amide bonds. The summed E-state index contributed by atoms with van der Waals surface area (Å²) in [6.45, 7) is 0. The topological polar surface area (TPSA) is 17.1 Å². The largest absolute Gasteiger partial charge is 0.291 e. The van der Waals surface area contributed by atoms with Gasteiger partial charge < -0.3 is 0 Å². The molecule has 0 N–H and O–H groups in total. The van der Waals surface area contributed by atoms with E-state index < -0.39 is 0 Å². The lowest BCUT2D eigenvalue weighted by Gasteiger charge is -1.94. The molecule has 1 rings (SSSR count). The van der Waals surface area contributed by atoms with Gasteiger partial charge in [-0.2, -0.15) is 0 Å². The molecule has 0 unspecified atom stereocenters. The summed E-state index contributed by atoms with van der Waals surface area (Å²) in [5.74, 6) is 0.0562. The maximum absolute atomic E-state index is 11.3. The minimum absolute atomic E-state index is 0.0562. The van der Waals surface area contributed by atoms with Crippen LogP contribution in [0.3, 0.4) is 0 Å². The Morgan fingerprint density at radius 3 is 2.45 bits per heavy atom. The van der Waals surface area contributed by atoms with E-state index in [1.807, 2.05) is 6.07 Å². The maximum Gasteiger partial charge on any atom is 0.197 e. The fraction of sp³-hybridized carbons (Fsp3) is 0.167.